The van der Waals surface area contributed by atoms with E-state index in [0.29, 0.717) is 18.4 Å². The first-order valence-corrected chi connectivity index (χ1v) is 6.32. The van der Waals surface area contributed by atoms with Crippen molar-refractivity contribution in [1.29, 1.82) is 5.26 Å². The number of carbonyl (C=O) groups is 2. The molecule has 1 aromatic heterocycles. The molecule has 0 radical (unpaired) electrons. The average Bonchev–Trinajstić information content (AvgIpc) is 2.88. The molecular formula is C14H8F4N4O2. The van der Waals surface area contributed by atoms with Gasteiger partial charge in [-0.25, -0.2) is 9.37 Å². The number of aldehydes is 1. The third kappa shape index (κ3) is 3.57. The molecule has 0 saturated heterocycles. The van der Waals surface area contributed by atoms with E-state index in [1.807, 2.05) is 0 Å². The maximum atomic E-state index is 13.3. The molecule has 0 atom stereocenters. The molecule has 0 unspecified atom stereocenters. The van der Waals surface area contributed by atoms with Crippen molar-refractivity contribution in [2.24, 2.45) is 0 Å². The number of hydrogen-bond acceptors (Lipinski definition) is 4. The van der Waals surface area contributed by atoms with Crippen LogP contribution in [0.1, 0.15) is 26.4 Å². The lowest BCUT2D eigenvalue weighted by atomic mass is 10.1. The van der Waals surface area contributed by atoms with Crippen LogP contribution < -0.4 is 5.32 Å². The Kier molecular flexibility index (Phi) is 4.64. The zero-order chi connectivity index (χ0) is 17.9. The smallest absolute Gasteiger partial charge is 0.306 e. The van der Waals surface area contributed by atoms with Crippen LogP contribution in [0.3, 0.4) is 0 Å². The van der Waals surface area contributed by atoms with Crippen molar-refractivity contribution in [3.63, 3.8) is 0 Å². The van der Waals surface area contributed by atoms with E-state index in [1.165, 1.54) is 0 Å². The predicted molar refractivity (Wildman–Crippen MR) is 72.6 cm³/mol. The van der Waals surface area contributed by atoms with Crippen LogP contribution in [-0.2, 0) is 12.7 Å². The fourth-order valence-electron chi connectivity index (χ4n) is 1.88. The van der Waals surface area contributed by atoms with Gasteiger partial charge in [-0.1, -0.05) is 0 Å². The largest absolute Gasteiger partial charge is 0.416 e. The standard InChI is InChI=1S/C14H8F4N4O2/c15-10-4-8(3-9(5-10)14(16,17)18)13(24)21-12-11(6-23)20-7-22(12)2-1-19/h3-7H,2H2,(H,21,24). The van der Waals surface area contributed by atoms with Crippen molar-refractivity contribution in [1.82, 2.24) is 9.55 Å². The monoisotopic (exact) mass is 340 g/mol. The van der Waals surface area contributed by atoms with Gasteiger partial charge in [-0.05, 0) is 18.2 Å². The fourth-order valence-corrected chi connectivity index (χ4v) is 1.88. The second-order valence-electron chi connectivity index (χ2n) is 4.56. The number of rotatable bonds is 4. The molecule has 24 heavy (non-hydrogen) atoms. The molecular weight excluding hydrogens is 332 g/mol. The number of anilines is 1. The van der Waals surface area contributed by atoms with Gasteiger partial charge in [-0.15, -0.1) is 0 Å². The molecule has 10 heteroatoms. The summed E-state index contributed by atoms with van der Waals surface area (Å²) in [6.45, 7) is -0.257. The zero-order valence-corrected chi connectivity index (χ0v) is 11.8. The number of benzene rings is 1. The van der Waals surface area contributed by atoms with Gasteiger partial charge in [0, 0.05) is 5.56 Å². The summed E-state index contributed by atoms with van der Waals surface area (Å²) >= 11 is 0. The first-order valence-electron chi connectivity index (χ1n) is 6.32. The van der Waals surface area contributed by atoms with Crippen molar-refractivity contribution >= 4 is 18.0 Å². The maximum absolute atomic E-state index is 13.3. The number of imidazole rings is 1. The molecule has 6 nitrogen and oxygen atoms in total. The molecule has 1 heterocycles. The van der Waals surface area contributed by atoms with Crippen LogP contribution in [0.15, 0.2) is 24.5 Å². The van der Waals surface area contributed by atoms with Crippen LogP contribution in [0, 0.1) is 17.1 Å². The van der Waals surface area contributed by atoms with E-state index in [2.05, 4.69) is 10.3 Å². The van der Waals surface area contributed by atoms with Gasteiger partial charge in [0.25, 0.3) is 5.91 Å². The van der Waals surface area contributed by atoms with E-state index in [0.717, 1.165) is 10.9 Å². The number of nitrogens with one attached hydrogen (secondary N) is 1. The quantitative estimate of drug-likeness (QED) is 0.685. The predicted octanol–water partition coefficient (Wildman–Crippen LogP) is 2.63. The van der Waals surface area contributed by atoms with E-state index in [1.54, 1.807) is 6.07 Å². The average molecular weight is 340 g/mol. The number of alkyl halides is 3. The summed E-state index contributed by atoms with van der Waals surface area (Å²) in [6, 6.07) is 3.11. The van der Waals surface area contributed by atoms with Gasteiger partial charge in [0.15, 0.2) is 6.29 Å². The number of halogens is 4. The van der Waals surface area contributed by atoms with Gasteiger partial charge in [-0.2, -0.15) is 18.4 Å². The van der Waals surface area contributed by atoms with Crippen LogP contribution in [-0.4, -0.2) is 21.7 Å². The molecule has 0 aliphatic carbocycles. The number of nitrogens with zero attached hydrogens (tertiary/aromatic N) is 3. The third-order valence-electron chi connectivity index (χ3n) is 2.94. The molecule has 2 aromatic rings. The number of aromatic nitrogens is 2. The molecule has 2 rings (SSSR count). The first-order chi connectivity index (χ1) is 11.3. The van der Waals surface area contributed by atoms with Gasteiger partial charge >= 0.3 is 6.18 Å². The summed E-state index contributed by atoms with van der Waals surface area (Å²) in [4.78, 5) is 26.6. The highest BCUT2D eigenvalue weighted by molar-refractivity contribution is 6.05. The summed E-state index contributed by atoms with van der Waals surface area (Å²) in [6.07, 6.45) is -3.42. The number of carbonyl (C=O) groups excluding carboxylic acids is 2. The van der Waals surface area contributed by atoms with Gasteiger partial charge < -0.3 is 9.88 Å². The lowest BCUT2D eigenvalue weighted by Crippen LogP contribution is -2.17. The van der Waals surface area contributed by atoms with Crippen molar-refractivity contribution < 1.29 is 27.2 Å². The lowest BCUT2D eigenvalue weighted by molar-refractivity contribution is -0.137. The van der Waals surface area contributed by atoms with Crippen molar-refractivity contribution in [2.45, 2.75) is 12.7 Å². The van der Waals surface area contributed by atoms with Crippen LogP contribution in [0.5, 0.6) is 0 Å². The molecule has 1 amide bonds. The van der Waals surface area contributed by atoms with Gasteiger partial charge in [0.1, 0.15) is 23.9 Å². The van der Waals surface area contributed by atoms with E-state index < -0.39 is 29.0 Å². The molecule has 0 fully saturated rings. The highest BCUT2D eigenvalue weighted by atomic mass is 19.4. The Morgan fingerprint density at radius 1 is 1.38 bits per heavy atom. The van der Waals surface area contributed by atoms with Gasteiger partial charge in [0.2, 0.25) is 0 Å². The molecule has 0 spiro atoms. The minimum atomic E-state index is -4.83. The Balaban J connectivity index is 2.38. The van der Waals surface area contributed by atoms with Crippen molar-refractivity contribution in [3.05, 3.63) is 47.2 Å². The minimum Gasteiger partial charge on any atom is -0.306 e. The SMILES string of the molecule is N#CCn1cnc(C=O)c1NC(=O)c1cc(F)cc(C(F)(F)F)c1. The highest BCUT2D eigenvalue weighted by Crippen LogP contribution is 2.30. The summed E-state index contributed by atoms with van der Waals surface area (Å²) in [7, 11) is 0. The maximum Gasteiger partial charge on any atom is 0.416 e. The second kappa shape index (κ2) is 6.49. The highest BCUT2D eigenvalue weighted by Gasteiger charge is 2.32. The Morgan fingerprint density at radius 3 is 2.67 bits per heavy atom. The van der Waals surface area contributed by atoms with Crippen LogP contribution in [0.25, 0.3) is 0 Å². The van der Waals surface area contributed by atoms with Crippen LogP contribution in [0.2, 0.25) is 0 Å². The zero-order valence-electron chi connectivity index (χ0n) is 11.8. The number of nitriles is 1. The summed E-state index contributed by atoms with van der Waals surface area (Å²) in [5.41, 5.74) is -2.14. The molecule has 0 aliphatic heterocycles. The third-order valence-corrected chi connectivity index (χ3v) is 2.94. The Bertz CT molecular complexity index is 836. The normalized spacial score (nSPS) is 11.0. The lowest BCUT2D eigenvalue weighted by Gasteiger charge is -2.11. The van der Waals surface area contributed by atoms with Crippen LogP contribution >= 0.6 is 0 Å². The van der Waals surface area contributed by atoms with E-state index in [-0.39, 0.29) is 24.1 Å². The number of amides is 1. The summed E-state index contributed by atoms with van der Waals surface area (Å²) in [5, 5.41) is 10.8. The number of hydrogen-bond donors (Lipinski definition) is 1. The Morgan fingerprint density at radius 2 is 2.08 bits per heavy atom. The fraction of sp³-hybridized carbons (Fsp3) is 0.143. The Labute approximate surface area is 132 Å². The molecule has 0 bridgehead atoms. The molecule has 0 saturated carbocycles. The molecule has 1 N–H and O–H groups in total. The molecule has 1 aromatic carbocycles. The topological polar surface area (TPSA) is 87.8 Å². The molecule has 124 valence electrons. The van der Waals surface area contributed by atoms with Gasteiger partial charge in [0.05, 0.1) is 18.0 Å². The first kappa shape index (κ1) is 17.1. The van der Waals surface area contributed by atoms with Crippen LogP contribution in [0.4, 0.5) is 23.4 Å². The minimum absolute atomic E-state index is 0.172. The van der Waals surface area contributed by atoms with Crippen molar-refractivity contribution in [2.75, 3.05) is 5.32 Å². The summed E-state index contributed by atoms with van der Waals surface area (Å²) < 4.78 is 52.5. The second-order valence-corrected chi connectivity index (χ2v) is 4.56. The van der Waals surface area contributed by atoms with Gasteiger partial charge in [-0.3, -0.25) is 9.59 Å². The Hall–Kier alpha value is -3.22. The summed E-state index contributed by atoms with van der Waals surface area (Å²) in [5.74, 6) is -2.49. The van der Waals surface area contributed by atoms with Crippen molar-refractivity contribution in [3.8, 4) is 6.07 Å². The van der Waals surface area contributed by atoms with E-state index in [9.17, 15) is 27.2 Å². The van der Waals surface area contributed by atoms with E-state index >= 15 is 0 Å². The van der Waals surface area contributed by atoms with E-state index in [4.69, 9.17) is 5.26 Å². The molecule has 0 aliphatic rings.